The monoisotopic (exact) mass is 126 g/mol. The lowest BCUT2D eigenvalue weighted by molar-refractivity contribution is -0.139. The molecule has 0 aromatic carbocycles. The van der Waals surface area contributed by atoms with Crippen LogP contribution in [0.1, 0.15) is 6.42 Å². The van der Waals surface area contributed by atoms with E-state index in [1.807, 2.05) is 0 Å². The molecule has 0 saturated carbocycles. The molecule has 1 fully saturated rings. The summed E-state index contributed by atoms with van der Waals surface area (Å²) in [5, 5.41) is 0. The highest BCUT2D eigenvalue weighted by molar-refractivity contribution is 6.37. The van der Waals surface area contributed by atoms with Crippen LogP contribution in [0.4, 0.5) is 0 Å². The van der Waals surface area contributed by atoms with Crippen LogP contribution in [0.2, 0.25) is 0 Å². The number of carbonyl (C=O) groups excluding carboxylic acids is 2. The van der Waals surface area contributed by atoms with Crippen molar-refractivity contribution in [2.75, 3.05) is 13.1 Å². The van der Waals surface area contributed by atoms with E-state index in [1.165, 1.54) is 4.90 Å². The maximum Gasteiger partial charge on any atom is 0.290 e. The van der Waals surface area contributed by atoms with E-state index in [-0.39, 0.29) is 11.7 Å². The summed E-state index contributed by atoms with van der Waals surface area (Å²) in [6.07, 6.45) is 0.369. The highest BCUT2D eigenvalue weighted by Gasteiger charge is 2.27. The van der Waals surface area contributed by atoms with E-state index in [1.54, 1.807) is 0 Å². The summed E-state index contributed by atoms with van der Waals surface area (Å²) in [7, 11) is 0. The number of Topliss-reactive ketones (excluding diaryl/α,β-unsaturated/α-hetero) is 1. The fraction of sp³-hybridized carbons (Fsp3) is 0.500. The molecule has 1 aliphatic rings. The van der Waals surface area contributed by atoms with Crippen molar-refractivity contribution in [3.05, 3.63) is 6.92 Å². The van der Waals surface area contributed by atoms with Gasteiger partial charge in [-0.25, -0.2) is 0 Å². The fourth-order valence-electron chi connectivity index (χ4n) is 0.835. The van der Waals surface area contributed by atoms with Crippen LogP contribution >= 0.6 is 0 Å². The molecule has 1 saturated heterocycles. The van der Waals surface area contributed by atoms with Gasteiger partial charge in [-0.3, -0.25) is 9.59 Å². The Morgan fingerprint density at radius 3 is 2.44 bits per heavy atom. The van der Waals surface area contributed by atoms with Gasteiger partial charge in [0.1, 0.15) is 0 Å². The number of rotatable bonds is 1. The standard InChI is InChI=1S/C6H8NO2/c1-2-7-4-3-5(8)6(7)9/h1-4H2. The van der Waals surface area contributed by atoms with E-state index in [0.29, 0.717) is 19.5 Å². The van der Waals surface area contributed by atoms with Crippen molar-refractivity contribution in [2.45, 2.75) is 6.42 Å². The minimum Gasteiger partial charge on any atom is -0.336 e. The third-order valence-corrected chi connectivity index (χ3v) is 1.40. The fourth-order valence-corrected chi connectivity index (χ4v) is 0.835. The molecule has 0 N–H and O–H groups in total. The molecule has 49 valence electrons. The van der Waals surface area contributed by atoms with Crippen LogP contribution in [-0.2, 0) is 9.59 Å². The molecular weight excluding hydrogens is 118 g/mol. The molecule has 0 unspecified atom stereocenters. The number of ketones is 1. The first-order valence-electron chi connectivity index (χ1n) is 2.87. The predicted octanol–water partition coefficient (Wildman–Crippen LogP) is -0.378. The Labute approximate surface area is 53.6 Å². The van der Waals surface area contributed by atoms with Gasteiger partial charge >= 0.3 is 0 Å². The van der Waals surface area contributed by atoms with Gasteiger partial charge in [0.05, 0.1) is 0 Å². The summed E-state index contributed by atoms with van der Waals surface area (Å²) < 4.78 is 0. The summed E-state index contributed by atoms with van der Waals surface area (Å²) in [6.45, 7) is 4.47. The normalized spacial score (nSPS) is 19.4. The van der Waals surface area contributed by atoms with Gasteiger partial charge in [0, 0.05) is 19.5 Å². The maximum atomic E-state index is 10.7. The number of hydrogen-bond acceptors (Lipinski definition) is 2. The molecule has 0 aromatic rings. The van der Waals surface area contributed by atoms with Crippen LogP contribution in [0.15, 0.2) is 0 Å². The molecule has 0 aliphatic carbocycles. The number of hydrogen-bond donors (Lipinski definition) is 0. The first kappa shape index (κ1) is 6.26. The van der Waals surface area contributed by atoms with Crippen LogP contribution in [0.25, 0.3) is 0 Å². The Balaban J connectivity index is 2.62. The van der Waals surface area contributed by atoms with Gasteiger partial charge in [0.2, 0.25) is 5.78 Å². The second-order valence-corrected chi connectivity index (χ2v) is 1.97. The molecule has 1 amide bonds. The Morgan fingerprint density at radius 1 is 1.56 bits per heavy atom. The summed E-state index contributed by atoms with van der Waals surface area (Å²) >= 11 is 0. The van der Waals surface area contributed by atoms with Crippen molar-refractivity contribution in [3.8, 4) is 0 Å². The second kappa shape index (κ2) is 2.17. The molecule has 1 rings (SSSR count). The quantitative estimate of drug-likeness (QED) is 0.449. The van der Waals surface area contributed by atoms with Crippen molar-refractivity contribution in [1.82, 2.24) is 4.90 Å². The van der Waals surface area contributed by atoms with Crippen molar-refractivity contribution < 1.29 is 9.59 Å². The number of nitrogens with zero attached hydrogens (tertiary/aromatic N) is 1. The van der Waals surface area contributed by atoms with Crippen molar-refractivity contribution in [2.24, 2.45) is 0 Å². The zero-order valence-electron chi connectivity index (χ0n) is 5.09. The zero-order chi connectivity index (χ0) is 6.85. The highest BCUT2D eigenvalue weighted by atomic mass is 16.2. The largest absolute Gasteiger partial charge is 0.336 e. The van der Waals surface area contributed by atoms with Crippen LogP contribution in [0, 0.1) is 6.92 Å². The van der Waals surface area contributed by atoms with Gasteiger partial charge < -0.3 is 4.90 Å². The predicted molar refractivity (Wildman–Crippen MR) is 31.6 cm³/mol. The average molecular weight is 126 g/mol. The Morgan fingerprint density at radius 2 is 2.22 bits per heavy atom. The Bertz CT molecular complexity index is 153. The average Bonchev–Trinajstić information content (AvgIpc) is 2.15. The van der Waals surface area contributed by atoms with E-state index in [2.05, 4.69) is 6.92 Å². The van der Waals surface area contributed by atoms with Gasteiger partial charge in [-0.2, -0.15) is 0 Å². The minimum absolute atomic E-state index is 0.279. The summed E-state index contributed by atoms with van der Waals surface area (Å²) in [4.78, 5) is 22.6. The number of amides is 1. The molecule has 1 aliphatic heterocycles. The first-order chi connectivity index (χ1) is 4.25. The third-order valence-electron chi connectivity index (χ3n) is 1.40. The van der Waals surface area contributed by atoms with E-state index in [4.69, 9.17) is 0 Å². The van der Waals surface area contributed by atoms with Crippen LogP contribution in [0.3, 0.4) is 0 Å². The molecule has 0 aromatic heterocycles. The second-order valence-electron chi connectivity index (χ2n) is 1.97. The number of likely N-dealkylation sites (tertiary alicyclic amines) is 1. The van der Waals surface area contributed by atoms with Gasteiger partial charge in [-0.1, -0.05) is 0 Å². The molecule has 3 nitrogen and oxygen atoms in total. The topological polar surface area (TPSA) is 37.4 Å². The smallest absolute Gasteiger partial charge is 0.290 e. The van der Waals surface area contributed by atoms with Crippen molar-refractivity contribution in [3.63, 3.8) is 0 Å². The van der Waals surface area contributed by atoms with Crippen molar-refractivity contribution >= 4 is 11.7 Å². The molecule has 9 heavy (non-hydrogen) atoms. The van der Waals surface area contributed by atoms with Crippen LogP contribution in [0.5, 0.6) is 0 Å². The minimum atomic E-state index is -0.370. The molecule has 1 radical (unpaired) electrons. The summed E-state index contributed by atoms with van der Waals surface area (Å²) in [5.74, 6) is -0.649. The van der Waals surface area contributed by atoms with Gasteiger partial charge in [0.25, 0.3) is 5.91 Å². The lowest BCUT2D eigenvalue weighted by Crippen LogP contribution is -2.26. The Kier molecular flexibility index (Phi) is 1.51. The van der Waals surface area contributed by atoms with E-state index in [9.17, 15) is 9.59 Å². The summed E-state index contributed by atoms with van der Waals surface area (Å²) in [5.41, 5.74) is 0. The maximum absolute atomic E-state index is 10.7. The highest BCUT2D eigenvalue weighted by Crippen LogP contribution is 2.03. The molecule has 0 atom stereocenters. The van der Waals surface area contributed by atoms with Gasteiger partial charge in [-0.05, 0) is 6.92 Å². The molecule has 3 heteroatoms. The van der Waals surface area contributed by atoms with E-state index >= 15 is 0 Å². The van der Waals surface area contributed by atoms with Gasteiger partial charge in [0.15, 0.2) is 0 Å². The van der Waals surface area contributed by atoms with Gasteiger partial charge in [-0.15, -0.1) is 0 Å². The van der Waals surface area contributed by atoms with E-state index in [0.717, 1.165) is 0 Å². The summed E-state index contributed by atoms with van der Waals surface area (Å²) in [6, 6.07) is 0. The number of carbonyl (C=O) groups is 2. The molecular formula is C6H8NO2. The third kappa shape index (κ3) is 0.943. The van der Waals surface area contributed by atoms with Crippen LogP contribution in [-0.4, -0.2) is 29.7 Å². The lowest BCUT2D eigenvalue weighted by Gasteiger charge is -2.08. The van der Waals surface area contributed by atoms with E-state index < -0.39 is 0 Å². The molecule has 0 spiro atoms. The van der Waals surface area contributed by atoms with Crippen LogP contribution < -0.4 is 0 Å². The zero-order valence-corrected chi connectivity index (χ0v) is 5.09. The molecule has 1 heterocycles. The Hall–Kier alpha value is -0.860. The molecule has 0 bridgehead atoms. The first-order valence-corrected chi connectivity index (χ1v) is 2.87. The van der Waals surface area contributed by atoms with Crippen molar-refractivity contribution in [1.29, 1.82) is 0 Å². The SMILES string of the molecule is [CH2]CN1CCC(=O)C1=O. The lowest BCUT2D eigenvalue weighted by atomic mass is 10.3.